The van der Waals surface area contributed by atoms with Crippen molar-refractivity contribution in [1.29, 1.82) is 0 Å². The van der Waals surface area contributed by atoms with E-state index in [1.807, 2.05) is 19.9 Å². The third-order valence-corrected chi connectivity index (χ3v) is 4.44. The van der Waals surface area contributed by atoms with Gasteiger partial charge in [0.2, 0.25) is 0 Å². The van der Waals surface area contributed by atoms with Gasteiger partial charge in [0.15, 0.2) is 0 Å². The molecule has 1 aromatic carbocycles. The highest BCUT2D eigenvalue weighted by molar-refractivity contribution is 9.10. The van der Waals surface area contributed by atoms with Crippen molar-refractivity contribution in [2.24, 2.45) is 5.73 Å². The number of thiocarbonyl (C=S) groups is 1. The minimum atomic E-state index is -0.635. The Morgan fingerprint density at radius 2 is 1.95 bits per heavy atom. The van der Waals surface area contributed by atoms with Crippen LogP contribution in [0.1, 0.15) is 19.4 Å². The van der Waals surface area contributed by atoms with Crippen molar-refractivity contribution in [3.05, 3.63) is 28.2 Å². The molecule has 1 saturated heterocycles. The SMILES string of the molecule is CC(C)(O)CN1CCN(c2ccc(C(N)=S)c(Br)c2)CC1. The van der Waals surface area contributed by atoms with Gasteiger partial charge in [0.1, 0.15) is 4.99 Å². The summed E-state index contributed by atoms with van der Waals surface area (Å²) in [5.74, 6) is 0. The number of hydrogen-bond acceptors (Lipinski definition) is 4. The van der Waals surface area contributed by atoms with E-state index in [0.717, 1.165) is 36.2 Å². The highest BCUT2D eigenvalue weighted by atomic mass is 79.9. The molecule has 1 aliphatic rings. The topological polar surface area (TPSA) is 52.7 Å². The summed E-state index contributed by atoms with van der Waals surface area (Å²) in [5, 5.41) is 9.89. The summed E-state index contributed by atoms with van der Waals surface area (Å²) < 4.78 is 0.937. The second-order valence-corrected chi connectivity index (χ2v) is 7.40. The highest BCUT2D eigenvalue weighted by Gasteiger charge is 2.23. The van der Waals surface area contributed by atoms with E-state index in [4.69, 9.17) is 18.0 Å². The molecule has 1 aromatic rings. The van der Waals surface area contributed by atoms with Crippen LogP contribution >= 0.6 is 28.1 Å². The number of rotatable bonds is 4. The summed E-state index contributed by atoms with van der Waals surface area (Å²) in [5.41, 5.74) is 7.08. The quantitative estimate of drug-likeness (QED) is 0.792. The Morgan fingerprint density at radius 3 is 2.43 bits per heavy atom. The van der Waals surface area contributed by atoms with Crippen LogP contribution in [0.4, 0.5) is 5.69 Å². The van der Waals surface area contributed by atoms with Gasteiger partial charge in [-0.3, -0.25) is 4.90 Å². The molecule has 0 bridgehead atoms. The lowest BCUT2D eigenvalue weighted by Crippen LogP contribution is -2.50. The molecule has 0 aromatic heterocycles. The van der Waals surface area contributed by atoms with Gasteiger partial charge in [-0.05, 0) is 48.0 Å². The Morgan fingerprint density at radius 1 is 1.33 bits per heavy atom. The Kier molecular flexibility index (Phi) is 5.24. The zero-order chi connectivity index (χ0) is 15.6. The molecule has 0 radical (unpaired) electrons. The maximum absolute atomic E-state index is 9.89. The predicted octanol–water partition coefficient (Wildman–Crippen LogP) is 1.98. The number of halogens is 1. The summed E-state index contributed by atoms with van der Waals surface area (Å²) in [6, 6.07) is 6.09. The van der Waals surface area contributed by atoms with Gasteiger partial charge < -0.3 is 15.7 Å². The smallest absolute Gasteiger partial charge is 0.105 e. The number of β-amino-alcohol motifs (C(OH)–C–C–N with tert-alkyl or cyclic N) is 1. The third-order valence-electron chi connectivity index (χ3n) is 3.57. The number of anilines is 1. The maximum Gasteiger partial charge on any atom is 0.105 e. The molecule has 1 heterocycles. The maximum atomic E-state index is 9.89. The van der Waals surface area contributed by atoms with Gasteiger partial charge >= 0.3 is 0 Å². The van der Waals surface area contributed by atoms with Gasteiger partial charge in [-0.1, -0.05) is 12.2 Å². The van der Waals surface area contributed by atoms with Crippen LogP contribution in [0.3, 0.4) is 0 Å². The monoisotopic (exact) mass is 371 g/mol. The third kappa shape index (κ3) is 4.64. The molecule has 0 amide bonds. The number of nitrogens with two attached hydrogens (primary N) is 1. The van der Waals surface area contributed by atoms with E-state index in [2.05, 4.69) is 37.9 Å². The first-order chi connectivity index (χ1) is 9.76. The van der Waals surface area contributed by atoms with Crippen molar-refractivity contribution in [3.63, 3.8) is 0 Å². The van der Waals surface area contributed by atoms with Gasteiger partial charge in [-0.15, -0.1) is 0 Å². The van der Waals surface area contributed by atoms with E-state index >= 15 is 0 Å². The largest absolute Gasteiger partial charge is 0.389 e. The molecule has 0 aliphatic carbocycles. The first-order valence-electron chi connectivity index (χ1n) is 7.05. The molecular weight excluding hydrogens is 350 g/mol. The molecule has 0 saturated carbocycles. The Hall–Kier alpha value is -0.690. The minimum absolute atomic E-state index is 0.406. The van der Waals surface area contributed by atoms with E-state index in [1.54, 1.807) is 0 Å². The van der Waals surface area contributed by atoms with Gasteiger partial charge in [-0.2, -0.15) is 0 Å². The van der Waals surface area contributed by atoms with Crippen molar-refractivity contribution in [1.82, 2.24) is 4.90 Å². The molecule has 4 nitrogen and oxygen atoms in total. The first-order valence-corrected chi connectivity index (χ1v) is 8.25. The van der Waals surface area contributed by atoms with Crippen LogP contribution in [-0.2, 0) is 0 Å². The molecule has 1 fully saturated rings. The first kappa shape index (κ1) is 16.7. The lowest BCUT2D eigenvalue weighted by atomic mass is 10.1. The molecule has 0 atom stereocenters. The fourth-order valence-corrected chi connectivity index (χ4v) is 3.50. The lowest BCUT2D eigenvalue weighted by Gasteiger charge is -2.38. The number of aliphatic hydroxyl groups is 1. The van der Waals surface area contributed by atoms with Gasteiger partial charge in [0, 0.05) is 48.4 Å². The van der Waals surface area contributed by atoms with Gasteiger partial charge in [0.25, 0.3) is 0 Å². The zero-order valence-electron chi connectivity index (χ0n) is 12.5. The van der Waals surface area contributed by atoms with E-state index in [-0.39, 0.29) is 0 Å². The lowest BCUT2D eigenvalue weighted by molar-refractivity contribution is 0.0345. The summed E-state index contributed by atoms with van der Waals surface area (Å²) in [6.45, 7) is 8.24. The van der Waals surface area contributed by atoms with Crippen molar-refractivity contribution >= 4 is 38.8 Å². The van der Waals surface area contributed by atoms with Crippen molar-refractivity contribution in [3.8, 4) is 0 Å². The Labute approximate surface area is 140 Å². The molecule has 3 N–H and O–H groups in total. The second-order valence-electron chi connectivity index (χ2n) is 6.10. The molecule has 0 unspecified atom stereocenters. The van der Waals surface area contributed by atoms with E-state index in [9.17, 15) is 5.11 Å². The van der Waals surface area contributed by atoms with Crippen LogP contribution in [-0.4, -0.2) is 53.3 Å². The number of piperazine rings is 1. The van der Waals surface area contributed by atoms with Gasteiger partial charge in [-0.25, -0.2) is 0 Å². The average Bonchev–Trinajstić information content (AvgIpc) is 2.37. The van der Waals surface area contributed by atoms with Crippen LogP contribution in [0.15, 0.2) is 22.7 Å². The van der Waals surface area contributed by atoms with E-state index in [1.165, 1.54) is 5.69 Å². The predicted molar refractivity (Wildman–Crippen MR) is 95.0 cm³/mol. The second kappa shape index (κ2) is 6.60. The molecule has 2 rings (SSSR count). The average molecular weight is 372 g/mol. The van der Waals surface area contributed by atoms with Crippen molar-refractivity contribution in [2.75, 3.05) is 37.6 Å². The highest BCUT2D eigenvalue weighted by Crippen LogP contribution is 2.25. The zero-order valence-corrected chi connectivity index (χ0v) is 14.9. The van der Waals surface area contributed by atoms with Crippen LogP contribution in [0.2, 0.25) is 0 Å². The summed E-state index contributed by atoms with van der Waals surface area (Å²) >= 11 is 8.55. The van der Waals surface area contributed by atoms with Crippen LogP contribution in [0, 0.1) is 0 Å². The number of hydrogen-bond donors (Lipinski definition) is 2. The summed E-state index contributed by atoms with van der Waals surface area (Å²) in [4.78, 5) is 5.05. The van der Waals surface area contributed by atoms with Crippen LogP contribution in [0.25, 0.3) is 0 Å². The van der Waals surface area contributed by atoms with E-state index in [0.29, 0.717) is 11.5 Å². The standard InChI is InChI=1S/C15H22BrN3OS/c1-15(2,20)10-18-5-7-19(8-6-18)11-3-4-12(14(17)21)13(16)9-11/h3-4,9,20H,5-8,10H2,1-2H3,(H2,17,21). The summed E-state index contributed by atoms with van der Waals surface area (Å²) in [6.07, 6.45) is 0. The molecule has 6 heteroatoms. The van der Waals surface area contributed by atoms with Crippen molar-refractivity contribution < 1.29 is 5.11 Å². The number of nitrogens with zero attached hydrogens (tertiary/aromatic N) is 2. The minimum Gasteiger partial charge on any atom is -0.389 e. The summed E-state index contributed by atoms with van der Waals surface area (Å²) in [7, 11) is 0. The van der Waals surface area contributed by atoms with E-state index < -0.39 is 5.60 Å². The van der Waals surface area contributed by atoms with Crippen LogP contribution in [0.5, 0.6) is 0 Å². The molecule has 1 aliphatic heterocycles. The Bertz CT molecular complexity index is 522. The fourth-order valence-electron chi connectivity index (χ4n) is 2.61. The number of benzene rings is 1. The normalized spacial score (nSPS) is 17.0. The molecule has 21 heavy (non-hydrogen) atoms. The fraction of sp³-hybridized carbons (Fsp3) is 0.533. The Balaban J connectivity index is 1.99. The van der Waals surface area contributed by atoms with Gasteiger partial charge in [0.05, 0.1) is 5.60 Å². The van der Waals surface area contributed by atoms with Crippen LogP contribution < -0.4 is 10.6 Å². The molecule has 0 spiro atoms. The van der Waals surface area contributed by atoms with Crippen molar-refractivity contribution in [2.45, 2.75) is 19.4 Å². The molecule has 116 valence electrons. The molecular formula is C15H22BrN3OS.